The fourth-order valence-corrected chi connectivity index (χ4v) is 3.06. The Labute approximate surface area is 135 Å². The summed E-state index contributed by atoms with van der Waals surface area (Å²) in [5, 5.41) is 4.64. The first-order chi connectivity index (χ1) is 11.3. The highest BCUT2D eigenvalue weighted by atomic mass is 16.5. The first-order valence-electron chi connectivity index (χ1n) is 7.94. The van der Waals surface area contributed by atoms with E-state index in [1.807, 2.05) is 24.3 Å². The second-order valence-electron chi connectivity index (χ2n) is 5.86. The van der Waals surface area contributed by atoms with Crippen LogP contribution in [0.4, 0.5) is 0 Å². The van der Waals surface area contributed by atoms with Crippen LogP contribution in [0.15, 0.2) is 54.9 Å². The van der Waals surface area contributed by atoms with Crippen molar-refractivity contribution in [2.45, 2.75) is 19.4 Å². The topological polar surface area (TPSA) is 49.9 Å². The monoisotopic (exact) mass is 305 g/mol. The minimum atomic E-state index is 0.414. The molecule has 4 rings (SSSR count). The van der Waals surface area contributed by atoms with Gasteiger partial charge in [-0.3, -0.25) is 0 Å². The maximum absolute atomic E-state index is 5.86. The summed E-state index contributed by atoms with van der Waals surface area (Å²) in [5.41, 5.74) is 3.78. The zero-order valence-corrected chi connectivity index (χ0v) is 13.0. The van der Waals surface area contributed by atoms with Crippen LogP contribution in [0.25, 0.3) is 16.5 Å². The smallest absolute Gasteiger partial charge is 0.219 e. The van der Waals surface area contributed by atoms with Gasteiger partial charge >= 0.3 is 0 Å². The number of nitrogens with zero attached hydrogens (tertiary/aromatic N) is 1. The van der Waals surface area contributed by atoms with Gasteiger partial charge in [0.1, 0.15) is 5.75 Å². The number of rotatable bonds is 3. The standard InChI is InChI=1S/C19H19N3O/c1-13-10-14(7-9-20-13)17-12-22-18-6-5-15(11-16(17)18)23-19-4-2-3-8-21-19/h2-6,8,10-13,20,22H,7,9H2,1H3. The molecule has 1 aromatic carbocycles. The van der Waals surface area contributed by atoms with E-state index in [-0.39, 0.29) is 0 Å². The molecular weight excluding hydrogens is 286 g/mol. The molecule has 4 heteroatoms. The third-order valence-electron chi connectivity index (χ3n) is 4.17. The van der Waals surface area contributed by atoms with Gasteiger partial charge in [0.2, 0.25) is 5.88 Å². The summed E-state index contributed by atoms with van der Waals surface area (Å²) in [4.78, 5) is 7.57. The molecule has 1 atom stereocenters. The first-order valence-corrected chi connectivity index (χ1v) is 7.94. The number of nitrogens with one attached hydrogen (secondary N) is 2. The molecule has 0 bridgehead atoms. The second kappa shape index (κ2) is 5.89. The van der Waals surface area contributed by atoms with Crippen LogP contribution in [0.3, 0.4) is 0 Å². The number of hydrogen-bond donors (Lipinski definition) is 2. The lowest BCUT2D eigenvalue weighted by molar-refractivity contribution is 0.463. The summed E-state index contributed by atoms with van der Waals surface area (Å²) < 4.78 is 5.86. The van der Waals surface area contributed by atoms with Crippen LogP contribution in [0, 0.1) is 0 Å². The molecule has 1 unspecified atom stereocenters. The summed E-state index contributed by atoms with van der Waals surface area (Å²) in [6, 6.07) is 12.2. The van der Waals surface area contributed by atoms with Crippen molar-refractivity contribution >= 4 is 16.5 Å². The van der Waals surface area contributed by atoms with Crippen molar-refractivity contribution in [3.8, 4) is 11.6 Å². The quantitative estimate of drug-likeness (QED) is 0.765. The average Bonchev–Trinajstić information content (AvgIpc) is 2.99. The van der Waals surface area contributed by atoms with E-state index >= 15 is 0 Å². The summed E-state index contributed by atoms with van der Waals surface area (Å²) >= 11 is 0. The van der Waals surface area contributed by atoms with Crippen LogP contribution < -0.4 is 10.1 Å². The minimum absolute atomic E-state index is 0.414. The van der Waals surface area contributed by atoms with Gasteiger partial charge in [-0.1, -0.05) is 12.1 Å². The van der Waals surface area contributed by atoms with Crippen LogP contribution >= 0.6 is 0 Å². The van der Waals surface area contributed by atoms with Gasteiger partial charge in [-0.15, -0.1) is 0 Å². The lowest BCUT2D eigenvalue weighted by Crippen LogP contribution is -2.29. The molecular formula is C19H19N3O. The molecule has 1 aliphatic heterocycles. The number of H-pyrrole nitrogens is 1. The predicted molar refractivity (Wildman–Crippen MR) is 92.7 cm³/mol. The van der Waals surface area contributed by atoms with E-state index in [0.717, 1.165) is 24.2 Å². The number of fused-ring (bicyclic) bond motifs is 1. The maximum Gasteiger partial charge on any atom is 0.219 e. The maximum atomic E-state index is 5.86. The van der Waals surface area contributed by atoms with Crippen LogP contribution in [0.1, 0.15) is 18.9 Å². The molecule has 116 valence electrons. The molecule has 0 radical (unpaired) electrons. The minimum Gasteiger partial charge on any atom is -0.439 e. The van der Waals surface area contributed by atoms with E-state index in [0.29, 0.717) is 11.9 Å². The Balaban J connectivity index is 1.72. The third kappa shape index (κ3) is 2.85. The third-order valence-corrected chi connectivity index (χ3v) is 4.17. The summed E-state index contributed by atoms with van der Waals surface area (Å²) in [6.45, 7) is 3.20. The van der Waals surface area contributed by atoms with E-state index in [1.54, 1.807) is 6.20 Å². The van der Waals surface area contributed by atoms with E-state index in [9.17, 15) is 0 Å². The molecule has 23 heavy (non-hydrogen) atoms. The van der Waals surface area contributed by atoms with Crippen molar-refractivity contribution in [1.29, 1.82) is 0 Å². The molecule has 0 aliphatic carbocycles. The molecule has 4 nitrogen and oxygen atoms in total. The second-order valence-corrected chi connectivity index (χ2v) is 5.86. The number of aromatic nitrogens is 2. The molecule has 2 N–H and O–H groups in total. The van der Waals surface area contributed by atoms with Crippen LogP contribution in [-0.2, 0) is 0 Å². The highest BCUT2D eigenvalue weighted by Gasteiger charge is 2.14. The van der Waals surface area contributed by atoms with Crippen molar-refractivity contribution in [2.75, 3.05) is 6.54 Å². The fourth-order valence-electron chi connectivity index (χ4n) is 3.06. The molecule has 0 fully saturated rings. The molecule has 0 spiro atoms. The Hall–Kier alpha value is -2.59. The number of pyridine rings is 1. The molecule has 3 heterocycles. The van der Waals surface area contributed by atoms with Crippen LogP contribution in [-0.4, -0.2) is 22.6 Å². The molecule has 0 saturated carbocycles. The SMILES string of the molecule is CC1C=C(c2c[nH]c3ccc(Oc4ccccn4)cc23)CCN1. The highest BCUT2D eigenvalue weighted by molar-refractivity contribution is 5.93. The van der Waals surface area contributed by atoms with Crippen molar-refractivity contribution < 1.29 is 4.74 Å². The van der Waals surface area contributed by atoms with Gasteiger partial charge in [0, 0.05) is 41.0 Å². The van der Waals surface area contributed by atoms with Gasteiger partial charge in [0.15, 0.2) is 0 Å². The van der Waals surface area contributed by atoms with Gasteiger partial charge in [0.05, 0.1) is 0 Å². The molecule has 0 amide bonds. The number of aromatic amines is 1. The van der Waals surface area contributed by atoms with E-state index < -0.39 is 0 Å². The van der Waals surface area contributed by atoms with E-state index in [1.165, 1.54) is 16.5 Å². The Morgan fingerprint density at radius 3 is 3.00 bits per heavy atom. The van der Waals surface area contributed by atoms with Crippen LogP contribution in [0.5, 0.6) is 11.6 Å². The molecule has 0 saturated heterocycles. The van der Waals surface area contributed by atoms with Gasteiger partial charge < -0.3 is 15.0 Å². The van der Waals surface area contributed by atoms with Crippen molar-refractivity contribution in [3.05, 3.63) is 60.4 Å². The Kier molecular flexibility index (Phi) is 3.60. The lowest BCUT2D eigenvalue weighted by Gasteiger charge is -2.19. The molecule has 3 aromatic rings. The van der Waals surface area contributed by atoms with Gasteiger partial charge in [0.25, 0.3) is 0 Å². The summed E-state index contributed by atoms with van der Waals surface area (Å²) in [7, 11) is 0. The zero-order valence-electron chi connectivity index (χ0n) is 13.0. The molecule has 2 aromatic heterocycles. The Morgan fingerprint density at radius 1 is 1.22 bits per heavy atom. The summed E-state index contributed by atoms with van der Waals surface area (Å²) in [5.74, 6) is 1.42. The highest BCUT2D eigenvalue weighted by Crippen LogP contribution is 2.32. The van der Waals surface area contributed by atoms with Gasteiger partial charge in [-0.2, -0.15) is 0 Å². The number of hydrogen-bond acceptors (Lipinski definition) is 3. The largest absolute Gasteiger partial charge is 0.439 e. The summed E-state index contributed by atoms with van der Waals surface area (Å²) in [6.07, 6.45) is 7.18. The van der Waals surface area contributed by atoms with Gasteiger partial charge in [-0.05, 0) is 49.7 Å². The predicted octanol–water partition coefficient (Wildman–Crippen LogP) is 4.12. The number of ether oxygens (including phenoxy) is 1. The van der Waals surface area contributed by atoms with E-state index in [4.69, 9.17) is 4.74 Å². The van der Waals surface area contributed by atoms with E-state index in [2.05, 4.69) is 46.6 Å². The number of benzene rings is 1. The Bertz CT molecular complexity index is 851. The lowest BCUT2D eigenvalue weighted by atomic mass is 9.97. The zero-order chi connectivity index (χ0) is 15.6. The van der Waals surface area contributed by atoms with Gasteiger partial charge in [-0.25, -0.2) is 4.98 Å². The van der Waals surface area contributed by atoms with Crippen molar-refractivity contribution in [2.24, 2.45) is 0 Å². The van der Waals surface area contributed by atoms with Crippen LogP contribution in [0.2, 0.25) is 0 Å². The Morgan fingerprint density at radius 2 is 2.17 bits per heavy atom. The fraction of sp³-hybridized carbons (Fsp3) is 0.211. The first kappa shape index (κ1) is 14.0. The average molecular weight is 305 g/mol. The molecule has 1 aliphatic rings. The van der Waals surface area contributed by atoms with Crippen molar-refractivity contribution in [1.82, 2.24) is 15.3 Å². The van der Waals surface area contributed by atoms with Crippen molar-refractivity contribution in [3.63, 3.8) is 0 Å². The normalized spacial score (nSPS) is 18.0.